The Balaban J connectivity index is 1.28. The molecule has 9 heteroatoms. The summed E-state index contributed by atoms with van der Waals surface area (Å²) < 4.78 is 14.1. The smallest absolute Gasteiger partial charge is 0.243 e. The van der Waals surface area contributed by atoms with Crippen molar-refractivity contribution in [3.8, 4) is 0 Å². The molecule has 3 amide bonds. The van der Waals surface area contributed by atoms with Gasteiger partial charge in [-0.1, -0.05) is 19.4 Å². The average Bonchev–Trinajstić information content (AvgIpc) is 3.28. The number of hydrogen-bond donors (Lipinski definition) is 3. The molecule has 1 aromatic carbocycles. The highest BCUT2D eigenvalue weighted by molar-refractivity contribution is 5.93. The summed E-state index contributed by atoms with van der Waals surface area (Å²) in [5, 5.41) is 5.80. The van der Waals surface area contributed by atoms with E-state index in [1.807, 2.05) is 4.90 Å². The van der Waals surface area contributed by atoms with Crippen molar-refractivity contribution in [3.05, 3.63) is 29.8 Å². The van der Waals surface area contributed by atoms with Crippen molar-refractivity contribution in [1.29, 1.82) is 0 Å². The second-order valence-corrected chi connectivity index (χ2v) is 11.4. The van der Waals surface area contributed by atoms with Crippen molar-refractivity contribution < 1.29 is 18.8 Å². The predicted molar refractivity (Wildman–Crippen MR) is 138 cm³/mol. The first-order valence-corrected chi connectivity index (χ1v) is 13.8. The number of nitrogens with one attached hydrogen (secondary N) is 3. The number of carbonyl (C=O) groups excluding carboxylic acids is 3. The number of carbonyl (C=O) groups is 3. The van der Waals surface area contributed by atoms with Gasteiger partial charge in [-0.15, -0.1) is 0 Å². The van der Waals surface area contributed by atoms with Gasteiger partial charge in [0.25, 0.3) is 0 Å². The van der Waals surface area contributed by atoms with Crippen LogP contribution < -0.4 is 10.6 Å². The fourth-order valence-corrected chi connectivity index (χ4v) is 6.40. The zero-order valence-corrected chi connectivity index (χ0v) is 21.8. The van der Waals surface area contributed by atoms with Crippen molar-refractivity contribution in [3.63, 3.8) is 0 Å². The van der Waals surface area contributed by atoms with Crippen LogP contribution in [0.1, 0.15) is 89.9 Å². The third-order valence-corrected chi connectivity index (χ3v) is 8.82. The Hall–Kier alpha value is -2.97. The van der Waals surface area contributed by atoms with E-state index in [9.17, 15) is 18.8 Å². The molecular formula is C28H38FN5O3. The molecule has 1 saturated heterocycles. The summed E-state index contributed by atoms with van der Waals surface area (Å²) in [6.07, 6.45) is 9.15. The van der Waals surface area contributed by atoms with Crippen LogP contribution in [-0.4, -0.2) is 51.2 Å². The Morgan fingerprint density at radius 3 is 2.65 bits per heavy atom. The van der Waals surface area contributed by atoms with Crippen molar-refractivity contribution in [2.75, 3.05) is 6.54 Å². The molecule has 0 unspecified atom stereocenters. The van der Waals surface area contributed by atoms with Gasteiger partial charge in [-0.05, 0) is 75.8 Å². The fourth-order valence-electron chi connectivity index (χ4n) is 6.40. The molecule has 1 aliphatic heterocycles. The molecule has 2 heterocycles. The number of hydrogen-bond acceptors (Lipinski definition) is 4. The Kier molecular flexibility index (Phi) is 7.23. The number of halogens is 1. The van der Waals surface area contributed by atoms with Crippen molar-refractivity contribution >= 4 is 28.8 Å². The highest BCUT2D eigenvalue weighted by Gasteiger charge is 2.51. The van der Waals surface area contributed by atoms with Gasteiger partial charge in [-0.25, -0.2) is 9.37 Å². The minimum atomic E-state index is -0.971. The largest absolute Gasteiger partial charge is 0.345 e. The highest BCUT2D eigenvalue weighted by Crippen LogP contribution is 2.58. The quantitative estimate of drug-likeness (QED) is 0.495. The third kappa shape index (κ3) is 5.22. The summed E-state index contributed by atoms with van der Waals surface area (Å²) in [6.45, 7) is 4.51. The lowest BCUT2D eigenvalue weighted by Gasteiger charge is -2.53. The summed E-state index contributed by atoms with van der Waals surface area (Å²) in [4.78, 5) is 49.1. The molecule has 1 spiro atoms. The zero-order chi connectivity index (χ0) is 26.2. The Morgan fingerprint density at radius 2 is 1.97 bits per heavy atom. The van der Waals surface area contributed by atoms with Gasteiger partial charge in [0.2, 0.25) is 17.7 Å². The SMILES string of the molecule is CC[C@H]1CCCCN1C(=O)C[C@H](NC(=O)C1CC2(CCC2)C1)C(=O)N[C@@H](C)c1nc2c(F)cccc2[nH]1. The maximum absolute atomic E-state index is 14.1. The first-order chi connectivity index (χ1) is 17.8. The van der Waals surface area contributed by atoms with Gasteiger partial charge in [0.05, 0.1) is 18.0 Å². The van der Waals surface area contributed by atoms with Crippen LogP contribution in [0.5, 0.6) is 0 Å². The van der Waals surface area contributed by atoms with Crippen LogP contribution in [0.4, 0.5) is 4.39 Å². The van der Waals surface area contributed by atoms with Crippen molar-refractivity contribution in [1.82, 2.24) is 25.5 Å². The van der Waals surface area contributed by atoms with Gasteiger partial charge in [0.15, 0.2) is 5.82 Å². The molecule has 0 bridgehead atoms. The molecule has 0 radical (unpaired) electrons. The van der Waals surface area contributed by atoms with Crippen molar-refractivity contribution in [2.45, 2.75) is 96.2 Å². The van der Waals surface area contributed by atoms with E-state index in [1.165, 1.54) is 25.3 Å². The van der Waals surface area contributed by atoms with Gasteiger partial charge in [0.1, 0.15) is 17.4 Å². The molecule has 5 rings (SSSR count). The van der Waals surface area contributed by atoms with Crippen LogP contribution in [0.15, 0.2) is 18.2 Å². The number of rotatable bonds is 8. The lowest BCUT2D eigenvalue weighted by atomic mass is 9.51. The topological polar surface area (TPSA) is 107 Å². The molecule has 2 aliphatic carbocycles. The zero-order valence-electron chi connectivity index (χ0n) is 21.8. The molecule has 200 valence electrons. The monoisotopic (exact) mass is 511 g/mol. The van der Waals surface area contributed by atoms with E-state index in [-0.39, 0.29) is 35.7 Å². The number of piperidine rings is 1. The molecule has 2 saturated carbocycles. The van der Waals surface area contributed by atoms with Crippen LogP contribution in [-0.2, 0) is 14.4 Å². The molecule has 3 aliphatic rings. The van der Waals surface area contributed by atoms with E-state index in [2.05, 4.69) is 27.5 Å². The number of amides is 3. The lowest BCUT2D eigenvalue weighted by molar-refractivity contribution is -0.142. The molecule has 3 atom stereocenters. The number of H-pyrrole nitrogens is 1. The highest BCUT2D eigenvalue weighted by atomic mass is 19.1. The van der Waals surface area contributed by atoms with E-state index in [4.69, 9.17) is 0 Å². The molecule has 1 aromatic heterocycles. The van der Waals surface area contributed by atoms with E-state index < -0.39 is 23.8 Å². The Morgan fingerprint density at radius 1 is 1.19 bits per heavy atom. The van der Waals surface area contributed by atoms with Gasteiger partial charge >= 0.3 is 0 Å². The second-order valence-electron chi connectivity index (χ2n) is 11.4. The van der Waals surface area contributed by atoms with E-state index in [0.717, 1.165) is 38.5 Å². The number of benzene rings is 1. The maximum atomic E-state index is 14.1. The maximum Gasteiger partial charge on any atom is 0.243 e. The molecule has 3 N–H and O–H groups in total. The van der Waals surface area contributed by atoms with Gasteiger partial charge < -0.3 is 20.5 Å². The van der Waals surface area contributed by atoms with E-state index >= 15 is 0 Å². The summed E-state index contributed by atoms with van der Waals surface area (Å²) in [5.74, 6) is -0.800. The summed E-state index contributed by atoms with van der Waals surface area (Å²) in [7, 11) is 0. The van der Waals surface area contributed by atoms with Crippen molar-refractivity contribution in [2.24, 2.45) is 11.3 Å². The number of aromatic nitrogens is 2. The standard InChI is InChI=1S/C28H38FN5O3/c1-3-19-8-4-5-13-34(19)23(35)14-22(32-26(36)18-15-28(16-18)11-7-12-28)27(37)30-17(2)25-31-21-10-6-9-20(29)24(21)33-25/h6,9-10,17-19,22H,3-5,7-8,11-16H2,1-2H3,(H,30,37)(H,31,33)(H,32,36)/t17-,19-,22-/m0/s1. The molecule has 37 heavy (non-hydrogen) atoms. The van der Waals surface area contributed by atoms with Crippen LogP contribution in [0.25, 0.3) is 11.0 Å². The van der Waals surface area contributed by atoms with Gasteiger partial charge in [-0.3, -0.25) is 14.4 Å². The normalized spacial score (nSPS) is 22.7. The van der Waals surface area contributed by atoms with E-state index in [0.29, 0.717) is 23.3 Å². The first-order valence-electron chi connectivity index (χ1n) is 13.8. The summed E-state index contributed by atoms with van der Waals surface area (Å²) >= 11 is 0. The predicted octanol–water partition coefficient (Wildman–Crippen LogP) is 4.13. The number of fused-ring (bicyclic) bond motifs is 1. The molecule has 3 fully saturated rings. The van der Waals surface area contributed by atoms with Crippen LogP contribution >= 0.6 is 0 Å². The number of nitrogens with zero attached hydrogens (tertiary/aromatic N) is 2. The van der Waals surface area contributed by atoms with Crippen LogP contribution in [0.3, 0.4) is 0 Å². The summed E-state index contributed by atoms with van der Waals surface area (Å²) in [6, 6.07) is 3.30. The summed E-state index contributed by atoms with van der Waals surface area (Å²) in [5.41, 5.74) is 1.09. The van der Waals surface area contributed by atoms with Crippen LogP contribution in [0, 0.1) is 17.2 Å². The number of likely N-dealkylation sites (tertiary alicyclic amines) is 1. The van der Waals surface area contributed by atoms with Crippen LogP contribution in [0.2, 0.25) is 0 Å². The Bertz CT molecular complexity index is 1170. The fraction of sp³-hybridized carbons (Fsp3) is 0.643. The number of imidazole rings is 1. The minimum Gasteiger partial charge on any atom is -0.345 e. The molecular weight excluding hydrogens is 473 g/mol. The number of aromatic amines is 1. The van der Waals surface area contributed by atoms with Gasteiger partial charge in [-0.2, -0.15) is 0 Å². The van der Waals surface area contributed by atoms with E-state index in [1.54, 1.807) is 19.1 Å². The molecule has 8 nitrogen and oxygen atoms in total. The lowest BCUT2D eigenvalue weighted by Crippen LogP contribution is -2.55. The van der Waals surface area contributed by atoms with Gasteiger partial charge in [0, 0.05) is 18.5 Å². The average molecular weight is 512 g/mol. The Labute approximate surface area is 217 Å². The number of para-hydroxylation sites is 1. The third-order valence-electron chi connectivity index (χ3n) is 8.82. The second kappa shape index (κ2) is 10.4. The molecule has 2 aromatic rings. The minimum absolute atomic E-state index is 0.0760. The first kappa shape index (κ1) is 25.7.